The predicted octanol–water partition coefficient (Wildman–Crippen LogP) is 2.43. The number of amides is 1. The number of carbonyl (C=O) groups excluding carboxylic acids is 1. The third-order valence-electron chi connectivity index (χ3n) is 3.17. The van der Waals surface area contributed by atoms with Gasteiger partial charge in [-0.05, 0) is 32.4 Å². The Morgan fingerprint density at radius 3 is 2.67 bits per heavy atom. The minimum Gasteiger partial charge on any atom is -0.497 e. The summed E-state index contributed by atoms with van der Waals surface area (Å²) in [5.74, 6) is 0.915. The molecule has 0 fully saturated rings. The van der Waals surface area contributed by atoms with Crippen LogP contribution in [0.3, 0.4) is 0 Å². The molecule has 1 amide bonds. The molecular formula is C16H25NO4. The summed E-state index contributed by atoms with van der Waals surface area (Å²) in [7, 11) is 1.56. The third-order valence-corrected chi connectivity index (χ3v) is 3.17. The van der Waals surface area contributed by atoms with Crippen molar-refractivity contribution in [3.8, 4) is 11.5 Å². The molecule has 2 atom stereocenters. The fourth-order valence-electron chi connectivity index (χ4n) is 1.86. The molecule has 118 valence electrons. The molecule has 0 radical (unpaired) electrons. The van der Waals surface area contributed by atoms with Gasteiger partial charge in [0.15, 0.2) is 6.10 Å². The van der Waals surface area contributed by atoms with E-state index in [0.29, 0.717) is 23.6 Å². The fourth-order valence-corrected chi connectivity index (χ4v) is 1.86. The Kier molecular flexibility index (Phi) is 7.02. The van der Waals surface area contributed by atoms with Crippen LogP contribution < -0.4 is 14.8 Å². The summed E-state index contributed by atoms with van der Waals surface area (Å²) in [6.07, 6.45) is 0.654. The van der Waals surface area contributed by atoms with Crippen molar-refractivity contribution in [2.24, 2.45) is 0 Å². The van der Waals surface area contributed by atoms with Gasteiger partial charge in [0, 0.05) is 18.2 Å². The number of benzene rings is 1. The number of methoxy groups -OCH3 is 1. The molecule has 2 unspecified atom stereocenters. The number of ether oxygens (including phenoxy) is 2. The second-order valence-electron chi connectivity index (χ2n) is 4.98. The lowest BCUT2D eigenvalue weighted by atomic mass is 10.1. The van der Waals surface area contributed by atoms with Gasteiger partial charge >= 0.3 is 0 Å². The lowest BCUT2D eigenvalue weighted by Gasteiger charge is -2.19. The molecule has 0 heterocycles. The van der Waals surface area contributed by atoms with Crippen LogP contribution in [0.5, 0.6) is 11.5 Å². The van der Waals surface area contributed by atoms with E-state index in [2.05, 4.69) is 12.2 Å². The van der Waals surface area contributed by atoms with Crippen LogP contribution in [-0.4, -0.2) is 30.8 Å². The maximum absolute atomic E-state index is 11.9. The number of hydrogen-bond donors (Lipinski definition) is 2. The molecule has 0 bridgehead atoms. The average molecular weight is 295 g/mol. The molecule has 2 N–H and O–H groups in total. The lowest BCUT2D eigenvalue weighted by Crippen LogP contribution is -2.37. The first-order chi connectivity index (χ1) is 9.99. The van der Waals surface area contributed by atoms with E-state index in [0.717, 1.165) is 12.8 Å². The number of rotatable bonds is 8. The van der Waals surface area contributed by atoms with Crippen molar-refractivity contribution in [3.05, 3.63) is 23.8 Å². The molecule has 0 aliphatic rings. The first-order valence-electron chi connectivity index (χ1n) is 7.30. The molecule has 5 heteroatoms. The molecule has 5 nitrogen and oxygen atoms in total. The van der Waals surface area contributed by atoms with E-state index in [9.17, 15) is 9.90 Å². The van der Waals surface area contributed by atoms with Crippen LogP contribution in [0.4, 0.5) is 0 Å². The molecular weight excluding hydrogens is 270 g/mol. The molecule has 1 rings (SSSR count). The maximum Gasteiger partial charge on any atom is 0.260 e. The van der Waals surface area contributed by atoms with E-state index in [-0.39, 0.29) is 5.91 Å². The summed E-state index contributed by atoms with van der Waals surface area (Å²) in [5, 5.41) is 12.6. The molecule has 21 heavy (non-hydrogen) atoms. The SMILES string of the molecule is CCCCNC(=O)C(C)Oc1cc(OC)ccc1C(C)O. The molecule has 1 aromatic rings. The first kappa shape index (κ1) is 17.3. The second-order valence-corrected chi connectivity index (χ2v) is 4.98. The van der Waals surface area contributed by atoms with E-state index >= 15 is 0 Å². The van der Waals surface area contributed by atoms with Crippen LogP contribution in [-0.2, 0) is 4.79 Å². The van der Waals surface area contributed by atoms with Crippen molar-refractivity contribution in [2.75, 3.05) is 13.7 Å². The molecule has 0 spiro atoms. The highest BCUT2D eigenvalue weighted by molar-refractivity contribution is 5.80. The Hall–Kier alpha value is -1.75. The van der Waals surface area contributed by atoms with Crippen LogP contribution >= 0.6 is 0 Å². The monoisotopic (exact) mass is 295 g/mol. The number of carbonyl (C=O) groups is 1. The van der Waals surface area contributed by atoms with Crippen molar-refractivity contribution in [1.29, 1.82) is 0 Å². The van der Waals surface area contributed by atoms with E-state index in [1.807, 2.05) is 0 Å². The summed E-state index contributed by atoms with van der Waals surface area (Å²) in [6.45, 7) is 6.05. The van der Waals surface area contributed by atoms with Gasteiger partial charge in [0.1, 0.15) is 11.5 Å². The highest BCUT2D eigenvalue weighted by Gasteiger charge is 2.18. The van der Waals surface area contributed by atoms with Crippen LogP contribution in [0.25, 0.3) is 0 Å². The van der Waals surface area contributed by atoms with Gasteiger partial charge in [0.05, 0.1) is 13.2 Å². The summed E-state index contributed by atoms with van der Waals surface area (Å²) >= 11 is 0. The zero-order valence-electron chi connectivity index (χ0n) is 13.2. The topological polar surface area (TPSA) is 67.8 Å². The molecule has 1 aromatic carbocycles. The summed E-state index contributed by atoms with van der Waals surface area (Å²) < 4.78 is 10.8. The third kappa shape index (κ3) is 5.27. The van der Waals surface area contributed by atoms with Gasteiger partial charge in [-0.2, -0.15) is 0 Å². The fraction of sp³-hybridized carbons (Fsp3) is 0.562. The Morgan fingerprint density at radius 2 is 2.10 bits per heavy atom. The predicted molar refractivity (Wildman–Crippen MR) is 81.6 cm³/mol. The zero-order chi connectivity index (χ0) is 15.8. The number of aliphatic hydroxyl groups is 1. The van der Waals surface area contributed by atoms with E-state index in [4.69, 9.17) is 9.47 Å². The highest BCUT2D eigenvalue weighted by atomic mass is 16.5. The van der Waals surface area contributed by atoms with Crippen molar-refractivity contribution in [1.82, 2.24) is 5.32 Å². The normalized spacial score (nSPS) is 13.4. The van der Waals surface area contributed by atoms with Crippen LogP contribution in [0.2, 0.25) is 0 Å². The Labute approximate surface area is 126 Å². The Balaban J connectivity index is 2.77. The summed E-state index contributed by atoms with van der Waals surface area (Å²) in [5.41, 5.74) is 0.629. The highest BCUT2D eigenvalue weighted by Crippen LogP contribution is 2.30. The lowest BCUT2D eigenvalue weighted by molar-refractivity contribution is -0.127. The standard InChI is InChI=1S/C16H25NO4/c1-5-6-9-17-16(19)12(3)21-15-10-13(20-4)7-8-14(15)11(2)18/h7-8,10-12,18H,5-6,9H2,1-4H3,(H,17,19). The van der Waals surface area contributed by atoms with Crippen molar-refractivity contribution < 1.29 is 19.4 Å². The zero-order valence-corrected chi connectivity index (χ0v) is 13.2. The number of hydrogen-bond acceptors (Lipinski definition) is 4. The minimum absolute atomic E-state index is 0.164. The largest absolute Gasteiger partial charge is 0.497 e. The Morgan fingerprint density at radius 1 is 1.38 bits per heavy atom. The number of unbranched alkanes of at least 4 members (excludes halogenated alkanes) is 1. The van der Waals surface area contributed by atoms with E-state index < -0.39 is 12.2 Å². The molecule has 0 saturated carbocycles. The quantitative estimate of drug-likeness (QED) is 0.723. The van der Waals surface area contributed by atoms with Gasteiger partial charge in [0.25, 0.3) is 5.91 Å². The van der Waals surface area contributed by atoms with Gasteiger partial charge in [0.2, 0.25) is 0 Å². The number of nitrogens with one attached hydrogen (secondary N) is 1. The smallest absolute Gasteiger partial charge is 0.260 e. The van der Waals surface area contributed by atoms with Crippen molar-refractivity contribution in [3.63, 3.8) is 0 Å². The molecule has 0 saturated heterocycles. The van der Waals surface area contributed by atoms with Gasteiger partial charge in [-0.15, -0.1) is 0 Å². The van der Waals surface area contributed by atoms with Gasteiger partial charge in [-0.1, -0.05) is 13.3 Å². The summed E-state index contributed by atoms with van der Waals surface area (Å²) in [6, 6.07) is 5.17. The molecule has 0 aliphatic carbocycles. The minimum atomic E-state index is -0.679. The number of aliphatic hydroxyl groups excluding tert-OH is 1. The van der Waals surface area contributed by atoms with Crippen molar-refractivity contribution >= 4 is 5.91 Å². The van der Waals surface area contributed by atoms with Crippen LogP contribution in [0.15, 0.2) is 18.2 Å². The van der Waals surface area contributed by atoms with E-state index in [1.54, 1.807) is 39.2 Å². The van der Waals surface area contributed by atoms with Crippen LogP contribution in [0, 0.1) is 0 Å². The average Bonchev–Trinajstić information content (AvgIpc) is 2.46. The molecule has 0 aromatic heterocycles. The van der Waals surface area contributed by atoms with Gasteiger partial charge in [-0.3, -0.25) is 4.79 Å². The van der Waals surface area contributed by atoms with Gasteiger partial charge in [-0.25, -0.2) is 0 Å². The first-order valence-corrected chi connectivity index (χ1v) is 7.30. The van der Waals surface area contributed by atoms with E-state index in [1.165, 1.54) is 0 Å². The Bertz CT molecular complexity index is 460. The maximum atomic E-state index is 11.9. The van der Waals surface area contributed by atoms with Crippen LogP contribution in [0.1, 0.15) is 45.3 Å². The summed E-state index contributed by atoms with van der Waals surface area (Å²) in [4.78, 5) is 11.9. The molecule has 0 aliphatic heterocycles. The van der Waals surface area contributed by atoms with Crippen molar-refractivity contribution in [2.45, 2.75) is 45.8 Å². The van der Waals surface area contributed by atoms with Gasteiger partial charge < -0.3 is 19.9 Å². The second kappa shape index (κ2) is 8.52.